The molecule has 0 saturated carbocycles. The number of nitrogens with zero attached hydrogens (tertiary/aromatic N) is 2. The molecule has 1 rings (SSSR count). The van der Waals surface area contributed by atoms with Gasteiger partial charge in [-0.2, -0.15) is 5.26 Å². The van der Waals surface area contributed by atoms with Crippen LogP contribution in [0, 0.1) is 11.3 Å². The zero-order valence-electron chi connectivity index (χ0n) is 10.4. The fraction of sp³-hybridized carbons (Fsp3) is 0.462. The van der Waals surface area contributed by atoms with Gasteiger partial charge in [0.15, 0.2) is 0 Å². The van der Waals surface area contributed by atoms with Crippen molar-refractivity contribution in [3.8, 4) is 6.07 Å². The highest BCUT2D eigenvalue weighted by Crippen LogP contribution is 2.28. The maximum Gasteiger partial charge on any atom is 0.0643 e. The van der Waals surface area contributed by atoms with Crippen molar-refractivity contribution in [2.45, 2.75) is 32.4 Å². The summed E-state index contributed by atoms with van der Waals surface area (Å²) in [4.78, 5) is 2.10. The summed E-state index contributed by atoms with van der Waals surface area (Å²) in [6.07, 6.45) is 0.517. The van der Waals surface area contributed by atoms with Gasteiger partial charge in [0, 0.05) is 29.3 Å². The normalized spacial score (nSPS) is 13.9. The lowest BCUT2D eigenvalue weighted by molar-refractivity contribution is 0.702. The maximum absolute atomic E-state index is 8.70. The Kier molecular flexibility index (Phi) is 4.98. The number of nitrogens with two attached hydrogens (primary N) is 1. The SMILES string of the molecule is CC(N)c1ccc(N(C)C(C)CC#N)cc1Br. The summed E-state index contributed by atoms with van der Waals surface area (Å²) in [5.41, 5.74) is 8.04. The molecule has 1 aromatic rings. The molecule has 2 atom stereocenters. The fourth-order valence-corrected chi connectivity index (χ4v) is 2.36. The van der Waals surface area contributed by atoms with Crippen molar-refractivity contribution in [3.05, 3.63) is 28.2 Å². The van der Waals surface area contributed by atoms with E-state index < -0.39 is 0 Å². The summed E-state index contributed by atoms with van der Waals surface area (Å²) in [6.45, 7) is 4.00. The Morgan fingerprint density at radius 3 is 2.59 bits per heavy atom. The second-order valence-corrected chi connectivity index (χ2v) is 5.17. The van der Waals surface area contributed by atoms with Crippen LogP contribution in [-0.2, 0) is 0 Å². The third-order valence-corrected chi connectivity index (χ3v) is 3.62. The molecule has 0 spiro atoms. The van der Waals surface area contributed by atoms with Crippen LogP contribution < -0.4 is 10.6 Å². The first-order valence-electron chi connectivity index (χ1n) is 5.62. The van der Waals surface area contributed by atoms with Gasteiger partial charge in [0.2, 0.25) is 0 Å². The van der Waals surface area contributed by atoms with E-state index in [1.165, 1.54) is 0 Å². The van der Waals surface area contributed by atoms with Crippen LogP contribution in [0.4, 0.5) is 5.69 Å². The number of hydrogen-bond acceptors (Lipinski definition) is 3. The van der Waals surface area contributed by atoms with Crippen molar-refractivity contribution in [2.24, 2.45) is 5.73 Å². The highest BCUT2D eigenvalue weighted by atomic mass is 79.9. The second-order valence-electron chi connectivity index (χ2n) is 4.32. The molecule has 0 radical (unpaired) electrons. The van der Waals surface area contributed by atoms with Crippen molar-refractivity contribution < 1.29 is 0 Å². The van der Waals surface area contributed by atoms with Crippen molar-refractivity contribution in [2.75, 3.05) is 11.9 Å². The van der Waals surface area contributed by atoms with Crippen molar-refractivity contribution in [1.29, 1.82) is 5.26 Å². The average Bonchev–Trinajstić information content (AvgIpc) is 2.27. The monoisotopic (exact) mass is 295 g/mol. The van der Waals surface area contributed by atoms with Gasteiger partial charge in [0.1, 0.15) is 0 Å². The molecule has 1 aromatic carbocycles. The van der Waals surface area contributed by atoms with Crippen LogP contribution >= 0.6 is 15.9 Å². The lowest BCUT2D eigenvalue weighted by Gasteiger charge is -2.26. The van der Waals surface area contributed by atoms with E-state index >= 15 is 0 Å². The first-order chi connectivity index (χ1) is 7.97. The molecule has 0 fully saturated rings. The summed E-state index contributed by atoms with van der Waals surface area (Å²) in [7, 11) is 2.00. The van der Waals surface area contributed by atoms with E-state index in [9.17, 15) is 0 Å². The van der Waals surface area contributed by atoms with Gasteiger partial charge in [0.25, 0.3) is 0 Å². The minimum absolute atomic E-state index is 0.0141. The van der Waals surface area contributed by atoms with Crippen LogP contribution in [-0.4, -0.2) is 13.1 Å². The van der Waals surface area contributed by atoms with Crippen LogP contribution in [0.2, 0.25) is 0 Å². The summed E-state index contributed by atoms with van der Waals surface area (Å²) < 4.78 is 1.01. The number of benzene rings is 1. The van der Waals surface area contributed by atoms with Crippen LogP contribution in [0.3, 0.4) is 0 Å². The Morgan fingerprint density at radius 2 is 2.12 bits per heavy atom. The van der Waals surface area contributed by atoms with Gasteiger partial charge >= 0.3 is 0 Å². The molecule has 0 heterocycles. The zero-order chi connectivity index (χ0) is 13.0. The van der Waals surface area contributed by atoms with Gasteiger partial charge in [-0.15, -0.1) is 0 Å². The molecule has 0 bridgehead atoms. The smallest absolute Gasteiger partial charge is 0.0643 e. The van der Waals surface area contributed by atoms with E-state index in [1.54, 1.807) is 0 Å². The van der Waals surface area contributed by atoms with E-state index in [1.807, 2.05) is 39.1 Å². The number of nitriles is 1. The van der Waals surface area contributed by atoms with Crippen molar-refractivity contribution in [3.63, 3.8) is 0 Å². The van der Waals surface area contributed by atoms with Gasteiger partial charge in [-0.25, -0.2) is 0 Å². The molecule has 0 aromatic heterocycles. The Bertz CT molecular complexity index is 423. The first-order valence-corrected chi connectivity index (χ1v) is 6.41. The molecule has 92 valence electrons. The molecule has 0 aliphatic carbocycles. The third-order valence-electron chi connectivity index (χ3n) is 2.93. The van der Waals surface area contributed by atoms with Crippen molar-refractivity contribution in [1.82, 2.24) is 0 Å². The van der Waals surface area contributed by atoms with E-state index in [0.717, 1.165) is 15.7 Å². The van der Waals surface area contributed by atoms with E-state index in [2.05, 4.69) is 26.9 Å². The highest BCUT2D eigenvalue weighted by molar-refractivity contribution is 9.10. The van der Waals surface area contributed by atoms with E-state index in [4.69, 9.17) is 11.0 Å². The summed E-state index contributed by atoms with van der Waals surface area (Å²) in [5.74, 6) is 0. The molecule has 17 heavy (non-hydrogen) atoms. The summed E-state index contributed by atoms with van der Waals surface area (Å²) in [5, 5.41) is 8.70. The minimum atomic E-state index is 0.0141. The lowest BCUT2D eigenvalue weighted by Crippen LogP contribution is -2.28. The molecule has 4 heteroatoms. The Labute approximate surface area is 111 Å². The average molecular weight is 296 g/mol. The van der Waals surface area contributed by atoms with E-state index in [-0.39, 0.29) is 12.1 Å². The van der Waals surface area contributed by atoms with Gasteiger partial charge in [-0.05, 0) is 31.5 Å². The minimum Gasteiger partial charge on any atom is -0.371 e. The third kappa shape index (κ3) is 3.45. The second kappa shape index (κ2) is 6.04. The van der Waals surface area contributed by atoms with E-state index in [0.29, 0.717) is 6.42 Å². The summed E-state index contributed by atoms with van der Waals surface area (Å²) >= 11 is 3.53. The Morgan fingerprint density at radius 1 is 1.47 bits per heavy atom. The standard InChI is InChI=1S/C13H18BrN3/c1-9(6-7-15)17(3)11-4-5-12(10(2)16)13(14)8-11/h4-5,8-10H,6,16H2,1-3H3. The Hall–Kier alpha value is -1.05. The largest absolute Gasteiger partial charge is 0.371 e. The first kappa shape index (κ1) is 14.0. The Balaban J connectivity index is 2.94. The fourth-order valence-electron chi connectivity index (χ4n) is 1.63. The molecular weight excluding hydrogens is 278 g/mol. The predicted molar refractivity (Wildman–Crippen MR) is 74.8 cm³/mol. The van der Waals surface area contributed by atoms with Crippen LogP contribution in [0.25, 0.3) is 0 Å². The number of hydrogen-bond donors (Lipinski definition) is 1. The van der Waals surface area contributed by atoms with Crippen LogP contribution in [0.15, 0.2) is 22.7 Å². The van der Waals surface area contributed by atoms with Gasteiger partial charge in [-0.1, -0.05) is 22.0 Å². The summed E-state index contributed by atoms with van der Waals surface area (Å²) in [6, 6.07) is 8.52. The molecule has 2 N–H and O–H groups in total. The number of anilines is 1. The topological polar surface area (TPSA) is 53.0 Å². The van der Waals surface area contributed by atoms with Gasteiger partial charge in [0.05, 0.1) is 12.5 Å². The highest BCUT2D eigenvalue weighted by Gasteiger charge is 2.12. The molecule has 0 amide bonds. The van der Waals surface area contributed by atoms with Crippen molar-refractivity contribution >= 4 is 21.6 Å². The van der Waals surface area contributed by atoms with Gasteiger partial charge < -0.3 is 10.6 Å². The zero-order valence-corrected chi connectivity index (χ0v) is 12.0. The quantitative estimate of drug-likeness (QED) is 0.928. The molecule has 0 aliphatic rings. The molecule has 2 unspecified atom stereocenters. The molecular formula is C13H18BrN3. The molecule has 0 saturated heterocycles. The number of rotatable bonds is 4. The van der Waals surface area contributed by atoms with Crippen LogP contribution in [0.1, 0.15) is 31.9 Å². The van der Waals surface area contributed by atoms with Gasteiger partial charge in [-0.3, -0.25) is 0 Å². The number of halogens is 1. The maximum atomic E-state index is 8.70. The van der Waals surface area contributed by atoms with Crippen LogP contribution in [0.5, 0.6) is 0 Å². The predicted octanol–water partition coefficient (Wildman–Crippen LogP) is 3.21. The molecule has 3 nitrogen and oxygen atoms in total. The lowest BCUT2D eigenvalue weighted by atomic mass is 10.1. The molecule has 0 aliphatic heterocycles.